The molecule has 0 aliphatic rings. The average molecular weight is 122 g/mol. The molecule has 0 spiro atoms. The van der Waals surface area contributed by atoms with Crippen molar-refractivity contribution in [3.63, 3.8) is 0 Å². The molecule has 0 amide bonds. The molecule has 1 atom stereocenters. The van der Waals surface area contributed by atoms with E-state index in [0.717, 1.165) is 0 Å². The van der Waals surface area contributed by atoms with E-state index >= 15 is 0 Å². The van der Waals surface area contributed by atoms with Crippen LogP contribution in [0.1, 0.15) is 6.42 Å². The summed E-state index contributed by atoms with van der Waals surface area (Å²) in [6.07, 6.45) is -0.00270. The van der Waals surface area contributed by atoms with Crippen LogP contribution in [-0.2, 0) is 0 Å². The third-order valence-corrected chi connectivity index (χ3v) is 0.931. The summed E-state index contributed by atoms with van der Waals surface area (Å²) in [5.74, 6) is 0.627. The maximum absolute atomic E-state index is 8.56. The quantitative estimate of drug-likeness (QED) is 0.448. The summed E-state index contributed by atoms with van der Waals surface area (Å²) in [6.45, 7) is -0.152. The van der Waals surface area contributed by atoms with Gasteiger partial charge in [-0.2, -0.15) is 12.6 Å². The van der Waals surface area contributed by atoms with Crippen molar-refractivity contribution in [3.8, 4) is 0 Å². The zero-order chi connectivity index (χ0) is 5.70. The Morgan fingerprint density at radius 1 is 1.57 bits per heavy atom. The fourth-order valence-electron chi connectivity index (χ4n) is 0.240. The van der Waals surface area contributed by atoms with E-state index in [1.165, 1.54) is 0 Å². The molecule has 0 aliphatic heterocycles. The zero-order valence-corrected chi connectivity index (χ0v) is 4.93. The molecule has 3 heteroatoms. The van der Waals surface area contributed by atoms with Crippen molar-refractivity contribution >= 4 is 12.6 Å². The normalized spacial score (nSPS) is 14.1. The lowest BCUT2D eigenvalue weighted by Gasteiger charge is -2.00. The van der Waals surface area contributed by atoms with Gasteiger partial charge in [-0.3, -0.25) is 0 Å². The maximum Gasteiger partial charge on any atom is 0.0778 e. The first-order valence-corrected chi connectivity index (χ1v) is 2.84. The Bertz CT molecular complexity index is 40.7. The second-order valence-electron chi connectivity index (χ2n) is 1.35. The Kier molecular flexibility index (Phi) is 4.60. The highest BCUT2D eigenvalue weighted by molar-refractivity contribution is 7.80. The lowest BCUT2D eigenvalue weighted by Crippen LogP contribution is -2.11. The Labute approximate surface area is 48.6 Å². The third-order valence-electron chi connectivity index (χ3n) is 0.673. The number of thiol groups is 1. The SMILES string of the molecule is OCC(O)CCS. The predicted molar refractivity (Wildman–Crippen MR) is 31.6 cm³/mol. The van der Waals surface area contributed by atoms with Crippen LogP contribution in [0.3, 0.4) is 0 Å². The first-order valence-electron chi connectivity index (χ1n) is 2.21. The van der Waals surface area contributed by atoms with Gasteiger partial charge < -0.3 is 10.2 Å². The monoisotopic (exact) mass is 122 g/mol. The van der Waals surface area contributed by atoms with Crippen LogP contribution < -0.4 is 0 Å². The molecule has 44 valence electrons. The molecule has 0 aromatic carbocycles. The summed E-state index contributed by atoms with van der Waals surface area (Å²) in [7, 11) is 0. The van der Waals surface area contributed by atoms with Gasteiger partial charge in [0.2, 0.25) is 0 Å². The van der Waals surface area contributed by atoms with Crippen molar-refractivity contribution in [1.82, 2.24) is 0 Å². The molecular formula is C4H10O2S. The lowest BCUT2D eigenvalue weighted by atomic mass is 10.3. The zero-order valence-electron chi connectivity index (χ0n) is 4.04. The maximum atomic E-state index is 8.56. The summed E-state index contributed by atoms with van der Waals surface area (Å²) >= 11 is 3.84. The molecule has 0 aromatic heterocycles. The fourth-order valence-corrected chi connectivity index (χ4v) is 0.538. The standard InChI is InChI=1S/C4H10O2S/c5-3-4(6)1-2-7/h4-7H,1-3H2. The fraction of sp³-hybridized carbons (Fsp3) is 1.00. The Balaban J connectivity index is 2.83. The van der Waals surface area contributed by atoms with Gasteiger partial charge in [0.1, 0.15) is 0 Å². The largest absolute Gasteiger partial charge is 0.394 e. The third kappa shape index (κ3) is 4.12. The van der Waals surface area contributed by atoms with E-state index in [1.807, 2.05) is 0 Å². The van der Waals surface area contributed by atoms with E-state index in [4.69, 9.17) is 10.2 Å². The minimum Gasteiger partial charge on any atom is -0.394 e. The summed E-state index contributed by atoms with van der Waals surface area (Å²) in [6, 6.07) is 0. The summed E-state index contributed by atoms with van der Waals surface area (Å²) < 4.78 is 0. The van der Waals surface area contributed by atoms with Gasteiger partial charge in [0.05, 0.1) is 12.7 Å². The number of hydrogen-bond acceptors (Lipinski definition) is 3. The Morgan fingerprint density at radius 3 is 2.29 bits per heavy atom. The Morgan fingerprint density at radius 2 is 2.14 bits per heavy atom. The van der Waals surface area contributed by atoms with E-state index in [0.29, 0.717) is 12.2 Å². The molecule has 0 rings (SSSR count). The summed E-state index contributed by atoms with van der Waals surface area (Å²) in [5.41, 5.74) is 0. The van der Waals surface area contributed by atoms with Crippen molar-refractivity contribution < 1.29 is 10.2 Å². The van der Waals surface area contributed by atoms with E-state index in [2.05, 4.69) is 12.6 Å². The van der Waals surface area contributed by atoms with E-state index < -0.39 is 6.10 Å². The van der Waals surface area contributed by atoms with E-state index in [9.17, 15) is 0 Å². The smallest absolute Gasteiger partial charge is 0.0778 e. The van der Waals surface area contributed by atoms with Crippen LogP contribution in [0.25, 0.3) is 0 Å². The first kappa shape index (κ1) is 7.27. The molecule has 2 N–H and O–H groups in total. The number of aliphatic hydroxyl groups is 2. The Hall–Kier alpha value is 0.270. The van der Waals surface area contributed by atoms with Crippen LogP contribution in [0, 0.1) is 0 Å². The van der Waals surface area contributed by atoms with Gasteiger partial charge in [-0.25, -0.2) is 0 Å². The second kappa shape index (κ2) is 4.43. The molecule has 0 fully saturated rings. The van der Waals surface area contributed by atoms with Crippen molar-refractivity contribution in [3.05, 3.63) is 0 Å². The highest BCUT2D eigenvalue weighted by atomic mass is 32.1. The molecule has 7 heavy (non-hydrogen) atoms. The van der Waals surface area contributed by atoms with Crippen LogP contribution in [0.2, 0.25) is 0 Å². The molecule has 0 radical (unpaired) electrons. The van der Waals surface area contributed by atoms with E-state index in [-0.39, 0.29) is 6.61 Å². The van der Waals surface area contributed by atoms with Crippen LogP contribution in [-0.4, -0.2) is 28.7 Å². The molecule has 2 nitrogen and oxygen atoms in total. The van der Waals surface area contributed by atoms with Gasteiger partial charge in [0, 0.05) is 0 Å². The lowest BCUT2D eigenvalue weighted by molar-refractivity contribution is 0.0933. The van der Waals surface area contributed by atoms with Gasteiger partial charge in [0.15, 0.2) is 0 Å². The van der Waals surface area contributed by atoms with Gasteiger partial charge in [-0.15, -0.1) is 0 Å². The van der Waals surface area contributed by atoms with Gasteiger partial charge >= 0.3 is 0 Å². The predicted octanol–water partition coefficient (Wildman–Crippen LogP) is -0.340. The van der Waals surface area contributed by atoms with Gasteiger partial charge in [-0.1, -0.05) is 0 Å². The van der Waals surface area contributed by atoms with Crippen molar-refractivity contribution in [2.45, 2.75) is 12.5 Å². The highest BCUT2D eigenvalue weighted by Gasteiger charge is 1.96. The molecule has 0 aromatic rings. The summed E-state index contributed by atoms with van der Waals surface area (Å²) in [5, 5.41) is 16.7. The minimum atomic E-state index is -0.572. The molecule has 1 unspecified atom stereocenters. The molecule has 0 bridgehead atoms. The average Bonchev–Trinajstić information content (AvgIpc) is 1.68. The summed E-state index contributed by atoms with van der Waals surface area (Å²) in [4.78, 5) is 0. The molecule has 0 saturated heterocycles. The van der Waals surface area contributed by atoms with E-state index in [1.54, 1.807) is 0 Å². The highest BCUT2D eigenvalue weighted by Crippen LogP contribution is 1.90. The molecule has 0 saturated carbocycles. The van der Waals surface area contributed by atoms with Gasteiger partial charge in [-0.05, 0) is 12.2 Å². The molecular weight excluding hydrogens is 112 g/mol. The van der Waals surface area contributed by atoms with Crippen LogP contribution >= 0.6 is 12.6 Å². The molecule has 0 aliphatic carbocycles. The van der Waals surface area contributed by atoms with Crippen LogP contribution in [0.4, 0.5) is 0 Å². The first-order chi connectivity index (χ1) is 3.31. The van der Waals surface area contributed by atoms with Crippen LogP contribution in [0.15, 0.2) is 0 Å². The number of aliphatic hydroxyl groups excluding tert-OH is 2. The van der Waals surface area contributed by atoms with Crippen molar-refractivity contribution in [2.24, 2.45) is 0 Å². The topological polar surface area (TPSA) is 40.5 Å². The number of rotatable bonds is 3. The molecule has 0 heterocycles. The van der Waals surface area contributed by atoms with Crippen molar-refractivity contribution in [1.29, 1.82) is 0 Å². The van der Waals surface area contributed by atoms with Crippen LogP contribution in [0.5, 0.6) is 0 Å². The number of hydrogen-bond donors (Lipinski definition) is 3. The minimum absolute atomic E-state index is 0.152. The van der Waals surface area contributed by atoms with Gasteiger partial charge in [0.25, 0.3) is 0 Å². The van der Waals surface area contributed by atoms with Crippen molar-refractivity contribution in [2.75, 3.05) is 12.4 Å². The second-order valence-corrected chi connectivity index (χ2v) is 1.80.